The number of carbonyl (C=O) groups excluding carboxylic acids is 3. The lowest BCUT2D eigenvalue weighted by Crippen LogP contribution is -2.48. The standard InChI is InChI=1S/C31H26ClNO6/c1-16(34)27-26(18-14-23(37-2)28(39-4)24(15-18)38-3)31(29(35)20-7-5-6-8-21(20)30(31)36)25-12-9-17-13-19(32)10-11-22(17)33(25)27/h5-15,25-27H,1-4H3/t25?,26-,27-/m0/s1. The van der Waals surface area contributed by atoms with E-state index in [0.29, 0.717) is 39.0 Å². The monoisotopic (exact) mass is 543 g/mol. The van der Waals surface area contributed by atoms with E-state index in [-0.39, 0.29) is 17.3 Å². The molecule has 3 aromatic carbocycles. The van der Waals surface area contributed by atoms with Crippen LogP contribution in [0, 0.1) is 5.41 Å². The van der Waals surface area contributed by atoms with Gasteiger partial charge in [0.15, 0.2) is 28.8 Å². The number of benzene rings is 3. The summed E-state index contributed by atoms with van der Waals surface area (Å²) in [5.41, 5.74) is 1.23. The Bertz CT molecular complexity index is 1530. The molecule has 1 spiro atoms. The third-order valence-corrected chi connectivity index (χ3v) is 8.46. The number of ether oxygens (including phenoxy) is 3. The van der Waals surface area contributed by atoms with E-state index in [1.54, 1.807) is 42.5 Å². The minimum Gasteiger partial charge on any atom is -0.493 e. The van der Waals surface area contributed by atoms with Gasteiger partial charge >= 0.3 is 0 Å². The zero-order valence-electron chi connectivity index (χ0n) is 21.9. The summed E-state index contributed by atoms with van der Waals surface area (Å²) in [7, 11) is 4.51. The van der Waals surface area contributed by atoms with E-state index < -0.39 is 23.4 Å². The normalized spacial score (nSPS) is 22.0. The first kappa shape index (κ1) is 25.2. The Kier molecular flexibility index (Phi) is 5.81. The lowest BCUT2D eigenvalue weighted by Gasteiger charge is -2.37. The Hall–Kier alpha value is -4.10. The summed E-state index contributed by atoms with van der Waals surface area (Å²) in [6, 6.07) is 14.2. The van der Waals surface area contributed by atoms with Crippen LogP contribution in [0.5, 0.6) is 17.2 Å². The SMILES string of the molecule is COc1cc([C@H]2[C@H](C(C)=O)N3c4ccc(Cl)cc4C=CC3C23C(=O)c2ccccc2C3=O)cc(OC)c1OC. The van der Waals surface area contributed by atoms with Gasteiger partial charge in [0.2, 0.25) is 5.75 Å². The van der Waals surface area contributed by atoms with Gasteiger partial charge in [0.1, 0.15) is 5.41 Å². The summed E-state index contributed by atoms with van der Waals surface area (Å²) in [5, 5.41) is 0.548. The summed E-state index contributed by atoms with van der Waals surface area (Å²) >= 11 is 6.30. The van der Waals surface area contributed by atoms with Crippen molar-refractivity contribution in [1.29, 1.82) is 0 Å². The van der Waals surface area contributed by atoms with Crippen LogP contribution in [0.2, 0.25) is 5.02 Å². The van der Waals surface area contributed by atoms with Crippen LogP contribution in [0.25, 0.3) is 6.08 Å². The van der Waals surface area contributed by atoms with Gasteiger partial charge < -0.3 is 19.1 Å². The van der Waals surface area contributed by atoms with Gasteiger partial charge in [0.25, 0.3) is 0 Å². The average molecular weight is 544 g/mol. The molecular weight excluding hydrogens is 518 g/mol. The Balaban J connectivity index is 1.69. The van der Waals surface area contributed by atoms with E-state index >= 15 is 0 Å². The van der Waals surface area contributed by atoms with Crippen molar-refractivity contribution in [3.8, 4) is 17.2 Å². The first-order valence-electron chi connectivity index (χ1n) is 12.5. The van der Waals surface area contributed by atoms with Gasteiger partial charge in [-0.2, -0.15) is 0 Å². The van der Waals surface area contributed by atoms with Crippen molar-refractivity contribution in [1.82, 2.24) is 0 Å². The average Bonchev–Trinajstić information content (AvgIpc) is 3.38. The molecule has 198 valence electrons. The molecule has 7 nitrogen and oxygen atoms in total. The number of halogens is 1. The summed E-state index contributed by atoms with van der Waals surface area (Å²) in [6.07, 6.45) is 3.73. The molecule has 0 aromatic heterocycles. The number of anilines is 1. The molecule has 0 amide bonds. The van der Waals surface area contributed by atoms with Crippen LogP contribution in [0.1, 0.15) is 44.7 Å². The molecule has 0 radical (unpaired) electrons. The predicted molar refractivity (Wildman–Crippen MR) is 148 cm³/mol. The summed E-state index contributed by atoms with van der Waals surface area (Å²) < 4.78 is 16.8. The van der Waals surface area contributed by atoms with E-state index in [9.17, 15) is 14.4 Å². The fraction of sp³-hybridized carbons (Fsp3) is 0.258. The van der Waals surface area contributed by atoms with Gasteiger partial charge in [0.05, 0.1) is 33.4 Å². The fourth-order valence-corrected chi connectivity index (χ4v) is 6.94. The third-order valence-electron chi connectivity index (χ3n) is 8.23. The predicted octanol–water partition coefficient (Wildman–Crippen LogP) is 5.39. The molecule has 1 fully saturated rings. The van der Waals surface area contributed by atoms with Gasteiger partial charge in [-0.1, -0.05) is 48.0 Å². The Labute approximate surface area is 230 Å². The maximum atomic E-state index is 14.5. The van der Waals surface area contributed by atoms with Crippen LogP contribution in [-0.4, -0.2) is 50.8 Å². The van der Waals surface area contributed by atoms with Crippen molar-refractivity contribution >= 4 is 40.7 Å². The molecular formula is C31H26ClNO6. The van der Waals surface area contributed by atoms with Crippen LogP contribution >= 0.6 is 11.6 Å². The molecule has 0 saturated carbocycles. The number of ketones is 3. The van der Waals surface area contributed by atoms with Crippen LogP contribution in [0.15, 0.2) is 60.7 Å². The minimum atomic E-state index is -1.60. The number of fused-ring (bicyclic) bond motifs is 5. The molecule has 39 heavy (non-hydrogen) atoms. The van der Waals surface area contributed by atoms with Crippen molar-refractivity contribution in [2.24, 2.45) is 5.41 Å². The molecule has 1 unspecified atom stereocenters. The molecule has 8 heteroatoms. The Morgan fingerprint density at radius 3 is 2.05 bits per heavy atom. The van der Waals surface area contributed by atoms with Crippen LogP contribution in [0.3, 0.4) is 0 Å². The van der Waals surface area contributed by atoms with Crippen LogP contribution in [-0.2, 0) is 4.79 Å². The smallest absolute Gasteiger partial charge is 0.203 e. The summed E-state index contributed by atoms with van der Waals surface area (Å²) in [5.74, 6) is -0.527. The minimum absolute atomic E-state index is 0.177. The zero-order chi connectivity index (χ0) is 27.6. The number of nitrogens with zero attached hydrogens (tertiary/aromatic N) is 1. The number of hydrogen-bond acceptors (Lipinski definition) is 7. The molecule has 3 atom stereocenters. The van der Waals surface area contributed by atoms with Gasteiger partial charge in [-0.05, 0) is 48.4 Å². The van der Waals surface area contributed by atoms with E-state index in [0.717, 1.165) is 11.3 Å². The quantitative estimate of drug-likeness (QED) is 0.399. The summed E-state index contributed by atoms with van der Waals surface area (Å²) in [6.45, 7) is 1.50. The lowest BCUT2D eigenvalue weighted by atomic mass is 9.64. The molecule has 3 aliphatic rings. The maximum Gasteiger partial charge on any atom is 0.203 e. The van der Waals surface area contributed by atoms with Crippen molar-refractivity contribution in [3.63, 3.8) is 0 Å². The molecule has 2 heterocycles. The van der Waals surface area contributed by atoms with Gasteiger partial charge in [-0.3, -0.25) is 14.4 Å². The highest BCUT2D eigenvalue weighted by Crippen LogP contribution is 2.61. The lowest BCUT2D eigenvalue weighted by molar-refractivity contribution is -0.118. The maximum absolute atomic E-state index is 14.5. The van der Waals surface area contributed by atoms with Gasteiger partial charge in [-0.15, -0.1) is 0 Å². The van der Waals surface area contributed by atoms with Crippen molar-refractivity contribution in [2.45, 2.75) is 24.9 Å². The highest BCUT2D eigenvalue weighted by molar-refractivity contribution is 6.32. The molecule has 1 saturated heterocycles. The second kappa shape index (κ2) is 8.99. The first-order chi connectivity index (χ1) is 18.8. The van der Waals surface area contributed by atoms with Crippen molar-refractivity contribution in [3.05, 3.63) is 87.9 Å². The zero-order valence-corrected chi connectivity index (χ0v) is 22.6. The number of methoxy groups -OCH3 is 3. The van der Waals surface area contributed by atoms with Crippen molar-refractivity contribution in [2.75, 3.05) is 26.2 Å². The summed E-state index contributed by atoms with van der Waals surface area (Å²) in [4.78, 5) is 44.6. The highest BCUT2D eigenvalue weighted by Gasteiger charge is 2.71. The number of carbonyl (C=O) groups is 3. The Morgan fingerprint density at radius 1 is 0.897 bits per heavy atom. The first-order valence-corrected chi connectivity index (χ1v) is 12.9. The van der Waals surface area contributed by atoms with Crippen LogP contribution in [0.4, 0.5) is 5.69 Å². The molecule has 6 rings (SSSR count). The molecule has 1 aliphatic carbocycles. The molecule has 3 aromatic rings. The molecule has 0 bridgehead atoms. The molecule has 0 N–H and O–H groups in total. The molecule has 2 aliphatic heterocycles. The van der Waals surface area contributed by atoms with E-state index in [1.807, 2.05) is 29.2 Å². The van der Waals surface area contributed by atoms with Crippen molar-refractivity contribution < 1.29 is 28.6 Å². The van der Waals surface area contributed by atoms with E-state index in [2.05, 4.69) is 0 Å². The number of hydrogen-bond donors (Lipinski definition) is 0. The Morgan fingerprint density at radius 2 is 1.51 bits per heavy atom. The third kappa shape index (κ3) is 3.26. The van der Waals surface area contributed by atoms with Gasteiger partial charge in [-0.25, -0.2) is 0 Å². The second-order valence-electron chi connectivity index (χ2n) is 9.98. The van der Waals surface area contributed by atoms with Crippen LogP contribution < -0.4 is 19.1 Å². The van der Waals surface area contributed by atoms with E-state index in [4.69, 9.17) is 25.8 Å². The van der Waals surface area contributed by atoms with E-state index in [1.165, 1.54) is 28.3 Å². The fourth-order valence-electron chi connectivity index (χ4n) is 6.75. The highest BCUT2D eigenvalue weighted by atomic mass is 35.5. The second-order valence-corrected chi connectivity index (χ2v) is 10.4. The largest absolute Gasteiger partial charge is 0.493 e. The number of rotatable bonds is 5. The number of Topliss-reactive ketones (excluding diaryl/α,β-unsaturated/α-hetero) is 3. The topological polar surface area (TPSA) is 82.1 Å². The van der Waals surface area contributed by atoms with Gasteiger partial charge in [0, 0.05) is 27.8 Å².